The highest BCUT2D eigenvalue weighted by molar-refractivity contribution is 5.46. The summed E-state index contributed by atoms with van der Waals surface area (Å²) in [5.74, 6) is 7.17. The fourth-order valence-corrected chi connectivity index (χ4v) is 1.90. The van der Waals surface area contributed by atoms with Gasteiger partial charge < -0.3 is 10.3 Å². The standard InChI is InChI=1S/C12H25N5/c1-9(2)6-7-16(4)8-11-10(3)15-17(5)12(11)14-13/h9,14H,6-8,13H2,1-5H3. The molecule has 98 valence electrons. The Balaban J connectivity index is 2.67. The molecule has 0 aromatic carbocycles. The molecule has 1 rings (SSSR count). The van der Waals surface area contributed by atoms with Crippen LogP contribution >= 0.6 is 0 Å². The number of nitrogens with one attached hydrogen (secondary N) is 1. The first kappa shape index (κ1) is 14.0. The Hall–Kier alpha value is -1.07. The first-order chi connectivity index (χ1) is 7.95. The smallest absolute Gasteiger partial charge is 0.142 e. The Bertz CT molecular complexity index is 356. The minimum absolute atomic E-state index is 0.736. The van der Waals surface area contributed by atoms with Crippen LogP contribution in [0, 0.1) is 12.8 Å². The van der Waals surface area contributed by atoms with Gasteiger partial charge >= 0.3 is 0 Å². The quantitative estimate of drug-likeness (QED) is 0.583. The molecule has 0 aliphatic heterocycles. The van der Waals surface area contributed by atoms with Crippen molar-refractivity contribution in [3.63, 3.8) is 0 Å². The van der Waals surface area contributed by atoms with Crippen molar-refractivity contribution in [3.8, 4) is 0 Å². The van der Waals surface area contributed by atoms with E-state index in [1.807, 2.05) is 14.0 Å². The molecule has 0 amide bonds. The van der Waals surface area contributed by atoms with Gasteiger partial charge in [0.15, 0.2) is 0 Å². The van der Waals surface area contributed by atoms with Gasteiger partial charge in [-0.25, -0.2) is 5.84 Å². The fourth-order valence-electron chi connectivity index (χ4n) is 1.90. The molecule has 0 fully saturated rings. The second-order valence-corrected chi connectivity index (χ2v) is 5.10. The van der Waals surface area contributed by atoms with Crippen molar-refractivity contribution in [2.45, 2.75) is 33.7 Å². The van der Waals surface area contributed by atoms with Crippen molar-refractivity contribution in [2.75, 3.05) is 19.0 Å². The van der Waals surface area contributed by atoms with E-state index in [1.165, 1.54) is 12.0 Å². The molecule has 0 atom stereocenters. The van der Waals surface area contributed by atoms with E-state index in [9.17, 15) is 0 Å². The lowest BCUT2D eigenvalue weighted by molar-refractivity contribution is 0.303. The first-order valence-electron chi connectivity index (χ1n) is 6.13. The summed E-state index contributed by atoms with van der Waals surface area (Å²) in [6.45, 7) is 8.49. The van der Waals surface area contributed by atoms with Gasteiger partial charge in [-0.05, 0) is 32.9 Å². The number of anilines is 1. The Morgan fingerprint density at radius 2 is 2.12 bits per heavy atom. The van der Waals surface area contributed by atoms with Crippen molar-refractivity contribution in [1.29, 1.82) is 0 Å². The zero-order chi connectivity index (χ0) is 13.0. The summed E-state index contributed by atoms with van der Waals surface area (Å²) < 4.78 is 1.79. The third-order valence-electron chi connectivity index (χ3n) is 3.00. The molecule has 0 aliphatic rings. The van der Waals surface area contributed by atoms with Gasteiger partial charge in [0.05, 0.1) is 5.69 Å². The van der Waals surface area contributed by atoms with E-state index >= 15 is 0 Å². The van der Waals surface area contributed by atoms with Crippen LogP contribution in [0.3, 0.4) is 0 Å². The second-order valence-electron chi connectivity index (χ2n) is 5.10. The summed E-state index contributed by atoms with van der Waals surface area (Å²) in [6.07, 6.45) is 1.21. The van der Waals surface area contributed by atoms with Crippen LogP contribution < -0.4 is 11.3 Å². The number of rotatable bonds is 6. The second kappa shape index (κ2) is 6.02. The highest BCUT2D eigenvalue weighted by Gasteiger charge is 2.14. The van der Waals surface area contributed by atoms with Gasteiger partial charge in [-0.3, -0.25) is 4.68 Å². The molecule has 5 nitrogen and oxygen atoms in total. The van der Waals surface area contributed by atoms with Crippen LogP contribution in [0.15, 0.2) is 0 Å². The van der Waals surface area contributed by atoms with Crippen molar-refractivity contribution in [1.82, 2.24) is 14.7 Å². The average molecular weight is 239 g/mol. The van der Waals surface area contributed by atoms with Gasteiger partial charge in [0.1, 0.15) is 5.82 Å². The van der Waals surface area contributed by atoms with Gasteiger partial charge in [0.2, 0.25) is 0 Å². The van der Waals surface area contributed by atoms with Crippen molar-refractivity contribution >= 4 is 5.82 Å². The number of nitrogen functional groups attached to an aromatic ring is 1. The molecular weight excluding hydrogens is 214 g/mol. The number of hydrogen-bond acceptors (Lipinski definition) is 4. The molecule has 0 spiro atoms. The summed E-state index contributed by atoms with van der Waals surface area (Å²) in [5, 5.41) is 4.38. The molecule has 3 N–H and O–H groups in total. The molecule has 1 aromatic heterocycles. The van der Waals surface area contributed by atoms with Crippen molar-refractivity contribution in [2.24, 2.45) is 18.8 Å². The monoisotopic (exact) mass is 239 g/mol. The molecule has 0 unspecified atom stereocenters. The molecule has 1 heterocycles. The Labute approximate surface area is 104 Å². The van der Waals surface area contributed by atoms with Gasteiger partial charge in [0.25, 0.3) is 0 Å². The van der Waals surface area contributed by atoms with E-state index < -0.39 is 0 Å². The number of aryl methyl sites for hydroxylation is 2. The molecular formula is C12H25N5. The van der Waals surface area contributed by atoms with Crippen LogP contribution in [0.2, 0.25) is 0 Å². The van der Waals surface area contributed by atoms with Crippen molar-refractivity contribution < 1.29 is 0 Å². The zero-order valence-corrected chi connectivity index (χ0v) is 11.6. The largest absolute Gasteiger partial charge is 0.308 e. The van der Waals surface area contributed by atoms with E-state index in [0.29, 0.717) is 0 Å². The maximum atomic E-state index is 5.53. The van der Waals surface area contributed by atoms with Crippen LogP contribution in [0.1, 0.15) is 31.5 Å². The molecule has 0 bridgehead atoms. The summed E-state index contributed by atoms with van der Waals surface area (Å²) in [4.78, 5) is 2.31. The predicted octanol–water partition coefficient (Wildman–Crippen LogP) is 1.49. The van der Waals surface area contributed by atoms with Crippen LogP contribution in [0.25, 0.3) is 0 Å². The topological polar surface area (TPSA) is 59.1 Å². The first-order valence-corrected chi connectivity index (χ1v) is 6.13. The predicted molar refractivity (Wildman–Crippen MR) is 71.5 cm³/mol. The van der Waals surface area contributed by atoms with Gasteiger partial charge in [-0.15, -0.1) is 0 Å². The number of hydrazine groups is 1. The molecule has 1 aromatic rings. The van der Waals surface area contributed by atoms with E-state index in [0.717, 1.165) is 30.5 Å². The minimum atomic E-state index is 0.736. The van der Waals surface area contributed by atoms with Crippen LogP contribution in [-0.4, -0.2) is 28.3 Å². The van der Waals surface area contributed by atoms with E-state index in [1.54, 1.807) is 4.68 Å². The highest BCUT2D eigenvalue weighted by Crippen LogP contribution is 2.19. The SMILES string of the molecule is Cc1nn(C)c(NN)c1CN(C)CCC(C)C. The maximum absolute atomic E-state index is 5.53. The fraction of sp³-hybridized carbons (Fsp3) is 0.750. The number of nitrogens with zero attached hydrogens (tertiary/aromatic N) is 3. The lowest BCUT2D eigenvalue weighted by Gasteiger charge is -2.18. The summed E-state index contributed by atoms with van der Waals surface area (Å²) in [7, 11) is 4.04. The molecule has 0 saturated heterocycles. The van der Waals surface area contributed by atoms with Gasteiger partial charge in [-0.2, -0.15) is 5.10 Å². The lowest BCUT2D eigenvalue weighted by Crippen LogP contribution is -2.22. The van der Waals surface area contributed by atoms with E-state index in [4.69, 9.17) is 5.84 Å². The van der Waals surface area contributed by atoms with E-state index in [-0.39, 0.29) is 0 Å². The third kappa shape index (κ3) is 3.71. The number of nitrogens with two attached hydrogens (primary N) is 1. The van der Waals surface area contributed by atoms with Crippen LogP contribution in [0.4, 0.5) is 5.82 Å². The molecule has 17 heavy (non-hydrogen) atoms. The van der Waals surface area contributed by atoms with Crippen molar-refractivity contribution in [3.05, 3.63) is 11.3 Å². The Morgan fingerprint density at radius 3 is 2.65 bits per heavy atom. The summed E-state index contributed by atoms with van der Waals surface area (Å²) >= 11 is 0. The summed E-state index contributed by atoms with van der Waals surface area (Å²) in [6, 6.07) is 0. The van der Waals surface area contributed by atoms with Crippen LogP contribution in [-0.2, 0) is 13.6 Å². The number of aromatic nitrogens is 2. The average Bonchev–Trinajstić information content (AvgIpc) is 2.50. The Kier molecular flexibility index (Phi) is 4.96. The summed E-state index contributed by atoms with van der Waals surface area (Å²) in [5.41, 5.74) is 4.95. The molecule has 0 saturated carbocycles. The third-order valence-corrected chi connectivity index (χ3v) is 3.00. The van der Waals surface area contributed by atoms with Crippen LogP contribution in [0.5, 0.6) is 0 Å². The van der Waals surface area contributed by atoms with E-state index in [2.05, 4.69) is 36.3 Å². The highest BCUT2D eigenvalue weighted by atomic mass is 15.4. The normalized spacial score (nSPS) is 11.5. The number of hydrogen-bond donors (Lipinski definition) is 2. The van der Waals surface area contributed by atoms with Gasteiger partial charge in [-0.1, -0.05) is 13.8 Å². The molecule has 0 radical (unpaired) electrons. The Morgan fingerprint density at radius 1 is 1.47 bits per heavy atom. The zero-order valence-electron chi connectivity index (χ0n) is 11.6. The molecule has 0 aliphatic carbocycles. The van der Waals surface area contributed by atoms with Gasteiger partial charge in [0, 0.05) is 19.2 Å². The lowest BCUT2D eigenvalue weighted by atomic mass is 10.1. The molecule has 5 heteroatoms. The minimum Gasteiger partial charge on any atom is -0.308 e. The maximum Gasteiger partial charge on any atom is 0.142 e.